The quantitative estimate of drug-likeness (QED) is 0.650. The second kappa shape index (κ2) is 7.91. The van der Waals surface area contributed by atoms with E-state index >= 15 is 0 Å². The van der Waals surface area contributed by atoms with Crippen molar-refractivity contribution in [2.45, 2.75) is 76.0 Å². The summed E-state index contributed by atoms with van der Waals surface area (Å²) in [7, 11) is -1.07. The molecule has 0 saturated heterocycles. The SMILES string of the molecule is Cc1c(C(C)(C)C)nc2c(c1NC(=O)N=S(N)c1cc(C(C)(C)O)cs1)CCC2. The van der Waals surface area contributed by atoms with Gasteiger partial charge in [0.05, 0.1) is 21.2 Å². The largest absolute Gasteiger partial charge is 0.386 e. The Hall–Kier alpha value is -1.61. The number of aromatic nitrogens is 1. The number of urea groups is 1. The van der Waals surface area contributed by atoms with Gasteiger partial charge in [0.1, 0.15) is 0 Å². The molecular formula is C21H30N4O2S2. The Balaban J connectivity index is 1.90. The number of aliphatic hydroxyl groups is 1. The second-order valence-corrected chi connectivity index (χ2v) is 11.5. The predicted octanol–water partition coefficient (Wildman–Crippen LogP) is 4.73. The Morgan fingerprint density at radius 3 is 2.59 bits per heavy atom. The molecule has 2 aromatic rings. The zero-order valence-electron chi connectivity index (χ0n) is 17.9. The van der Waals surface area contributed by atoms with Crippen LogP contribution in [0, 0.1) is 6.92 Å². The summed E-state index contributed by atoms with van der Waals surface area (Å²) in [5.74, 6) is 0. The molecule has 0 aliphatic heterocycles. The number of carbonyl (C=O) groups excluding carboxylic acids is 1. The average Bonchev–Trinajstić information content (AvgIpc) is 3.24. The zero-order chi connectivity index (χ0) is 21.6. The van der Waals surface area contributed by atoms with E-state index in [4.69, 9.17) is 10.1 Å². The summed E-state index contributed by atoms with van der Waals surface area (Å²) in [6.07, 6.45) is 2.90. The van der Waals surface area contributed by atoms with Crippen LogP contribution in [0.1, 0.15) is 69.1 Å². The highest BCUT2D eigenvalue weighted by molar-refractivity contribution is 7.87. The number of thiophene rings is 1. The first-order valence-corrected chi connectivity index (χ1v) is 11.9. The van der Waals surface area contributed by atoms with Gasteiger partial charge >= 0.3 is 6.03 Å². The molecule has 1 aliphatic rings. The van der Waals surface area contributed by atoms with Crippen LogP contribution in [0.2, 0.25) is 0 Å². The van der Waals surface area contributed by atoms with Crippen molar-refractivity contribution in [2.75, 3.05) is 5.32 Å². The van der Waals surface area contributed by atoms with Crippen LogP contribution >= 0.6 is 11.3 Å². The molecule has 1 atom stereocenters. The number of hydrogen-bond acceptors (Lipinski definition) is 4. The van der Waals surface area contributed by atoms with E-state index in [9.17, 15) is 9.90 Å². The molecular weight excluding hydrogens is 404 g/mol. The van der Waals surface area contributed by atoms with E-state index in [-0.39, 0.29) is 5.41 Å². The third kappa shape index (κ3) is 4.77. The van der Waals surface area contributed by atoms with Crippen molar-refractivity contribution in [3.8, 4) is 0 Å². The van der Waals surface area contributed by atoms with Gasteiger partial charge in [0.25, 0.3) is 0 Å². The summed E-state index contributed by atoms with van der Waals surface area (Å²) >= 11 is 1.41. The van der Waals surface area contributed by atoms with Gasteiger partial charge in [0.2, 0.25) is 0 Å². The predicted molar refractivity (Wildman–Crippen MR) is 121 cm³/mol. The van der Waals surface area contributed by atoms with E-state index in [1.165, 1.54) is 11.3 Å². The molecule has 2 amide bonds. The third-order valence-electron chi connectivity index (χ3n) is 5.08. The fourth-order valence-corrected chi connectivity index (χ4v) is 5.60. The Morgan fingerprint density at radius 1 is 1.31 bits per heavy atom. The zero-order valence-corrected chi connectivity index (χ0v) is 19.6. The molecule has 0 aromatic carbocycles. The number of hydrogen-bond donors (Lipinski definition) is 3. The Kier molecular flexibility index (Phi) is 6.02. The number of aryl methyl sites for hydroxylation is 1. The van der Waals surface area contributed by atoms with Crippen LogP contribution in [0.5, 0.6) is 0 Å². The Labute approximate surface area is 179 Å². The molecule has 0 radical (unpaired) electrons. The molecule has 158 valence electrons. The van der Waals surface area contributed by atoms with Crippen molar-refractivity contribution in [1.29, 1.82) is 0 Å². The topological polar surface area (TPSA) is 101 Å². The van der Waals surface area contributed by atoms with Crippen molar-refractivity contribution in [3.63, 3.8) is 0 Å². The van der Waals surface area contributed by atoms with E-state index in [0.717, 1.165) is 57.2 Å². The number of nitrogens with one attached hydrogen (secondary N) is 1. The third-order valence-corrected chi connectivity index (χ3v) is 7.49. The van der Waals surface area contributed by atoms with Crippen molar-refractivity contribution in [2.24, 2.45) is 9.50 Å². The van der Waals surface area contributed by atoms with Gasteiger partial charge < -0.3 is 10.4 Å². The Bertz CT molecular complexity index is 982. The first-order valence-electron chi connectivity index (χ1n) is 9.73. The number of anilines is 1. The fraction of sp³-hybridized carbons (Fsp3) is 0.524. The van der Waals surface area contributed by atoms with E-state index in [1.54, 1.807) is 13.8 Å². The van der Waals surface area contributed by atoms with Gasteiger partial charge in [-0.1, -0.05) is 20.8 Å². The smallest absolute Gasteiger partial charge is 0.352 e. The van der Waals surface area contributed by atoms with Crippen molar-refractivity contribution >= 4 is 33.9 Å². The van der Waals surface area contributed by atoms with E-state index in [0.29, 0.717) is 0 Å². The molecule has 6 nitrogen and oxygen atoms in total. The lowest BCUT2D eigenvalue weighted by atomic mass is 9.87. The molecule has 0 bridgehead atoms. The van der Waals surface area contributed by atoms with Crippen LogP contribution in [0.4, 0.5) is 10.5 Å². The molecule has 2 heterocycles. The van der Waals surface area contributed by atoms with Crippen LogP contribution in [0.25, 0.3) is 0 Å². The van der Waals surface area contributed by atoms with Crippen molar-refractivity contribution in [1.82, 2.24) is 4.98 Å². The summed E-state index contributed by atoms with van der Waals surface area (Å²) in [6.45, 7) is 11.8. The van der Waals surface area contributed by atoms with Crippen LogP contribution in [-0.2, 0) is 34.7 Å². The minimum Gasteiger partial charge on any atom is -0.386 e. The van der Waals surface area contributed by atoms with E-state index < -0.39 is 22.5 Å². The molecule has 29 heavy (non-hydrogen) atoms. The lowest BCUT2D eigenvalue weighted by Gasteiger charge is -2.24. The standard InChI is InChI=1S/C21H30N4O2S2/c1-12-17(14-8-7-9-15(14)23-18(12)20(2,3)4)24-19(26)25-29(22)16-10-13(11-28-16)21(5,6)27/h10-11,27H,7-9H2,1-6H3,(H3,22,23,24,25,26). The molecule has 3 rings (SSSR count). The molecule has 1 unspecified atom stereocenters. The van der Waals surface area contributed by atoms with Crippen molar-refractivity contribution in [3.05, 3.63) is 39.5 Å². The number of nitrogens with two attached hydrogens (primary N) is 1. The fourth-order valence-electron chi connectivity index (χ4n) is 3.59. The van der Waals surface area contributed by atoms with Gasteiger partial charge in [-0.25, -0.2) is 4.79 Å². The lowest BCUT2D eigenvalue weighted by molar-refractivity contribution is 0.0789. The lowest BCUT2D eigenvalue weighted by Crippen LogP contribution is -2.20. The number of fused-ring (bicyclic) bond motifs is 1. The van der Waals surface area contributed by atoms with Gasteiger partial charge in [0.15, 0.2) is 0 Å². The summed E-state index contributed by atoms with van der Waals surface area (Å²) in [4.78, 5) is 17.6. The number of nitrogens with zero attached hydrogens (tertiary/aromatic N) is 2. The van der Waals surface area contributed by atoms with Gasteiger partial charge in [0, 0.05) is 22.0 Å². The normalized spacial score (nSPS) is 15.4. The first-order chi connectivity index (χ1) is 13.4. The van der Waals surface area contributed by atoms with Crippen LogP contribution < -0.4 is 10.5 Å². The van der Waals surface area contributed by atoms with Crippen LogP contribution in [-0.4, -0.2) is 16.1 Å². The number of amides is 2. The molecule has 0 fully saturated rings. The summed E-state index contributed by atoms with van der Waals surface area (Å²) in [5, 5.41) is 21.1. The molecule has 2 aromatic heterocycles. The molecule has 1 aliphatic carbocycles. The first kappa shape index (κ1) is 22.1. The maximum Gasteiger partial charge on any atom is 0.352 e. The van der Waals surface area contributed by atoms with Gasteiger partial charge in [-0.2, -0.15) is 4.36 Å². The average molecular weight is 435 g/mol. The number of rotatable bonds is 3. The van der Waals surface area contributed by atoms with Gasteiger partial charge in [-0.15, -0.1) is 11.3 Å². The second-order valence-electron chi connectivity index (χ2n) is 9.04. The van der Waals surface area contributed by atoms with Gasteiger partial charge in [-0.3, -0.25) is 10.1 Å². The minimum atomic E-state index is -1.07. The number of pyridine rings is 1. The minimum absolute atomic E-state index is 0.110. The molecule has 0 saturated carbocycles. The maximum absolute atomic E-state index is 12.7. The molecule has 4 N–H and O–H groups in total. The van der Waals surface area contributed by atoms with E-state index in [2.05, 4.69) is 30.5 Å². The van der Waals surface area contributed by atoms with Crippen LogP contribution in [0.15, 0.2) is 20.0 Å². The highest BCUT2D eigenvalue weighted by atomic mass is 32.2. The van der Waals surface area contributed by atoms with Crippen molar-refractivity contribution < 1.29 is 9.90 Å². The summed E-state index contributed by atoms with van der Waals surface area (Å²) in [6, 6.07) is 1.37. The van der Waals surface area contributed by atoms with Crippen LogP contribution in [0.3, 0.4) is 0 Å². The molecule has 8 heteroatoms. The monoisotopic (exact) mass is 434 g/mol. The highest BCUT2D eigenvalue weighted by Gasteiger charge is 2.27. The van der Waals surface area contributed by atoms with E-state index in [1.807, 2.05) is 18.4 Å². The summed E-state index contributed by atoms with van der Waals surface area (Å²) in [5.41, 5.74) is 4.76. The molecule has 0 spiro atoms. The van der Waals surface area contributed by atoms with Gasteiger partial charge in [-0.05, 0) is 68.2 Å². The Morgan fingerprint density at radius 2 is 2.00 bits per heavy atom. The highest BCUT2D eigenvalue weighted by Crippen LogP contribution is 2.36. The number of carbonyl (C=O) groups is 1. The summed E-state index contributed by atoms with van der Waals surface area (Å²) < 4.78 is 4.93. The maximum atomic E-state index is 12.7.